The Morgan fingerprint density at radius 2 is 2.21 bits per heavy atom. The van der Waals surface area contributed by atoms with Gasteiger partial charge >= 0.3 is 0 Å². The highest BCUT2D eigenvalue weighted by molar-refractivity contribution is 5.30. The van der Waals surface area contributed by atoms with Crippen molar-refractivity contribution >= 4 is 5.95 Å². The predicted octanol–water partition coefficient (Wildman–Crippen LogP) is 1.73. The SMILES string of the molecule is CCOCCCn1ccnc1N(C)CC(C)(C)CN. The fourth-order valence-corrected chi connectivity index (χ4v) is 2.07. The second-order valence-corrected chi connectivity index (χ2v) is 5.70. The molecule has 5 heteroatoms. The highest BCUT2D eigenvalue weighted by Gasteiger charge is 2.20. The standard InChI is InChI=1S/C14H28N4O/c1-5-19-10-6-8-18-9-7-16-13(18)17(4)12-14(2,3)11-15/h7,9H,5-6,8,10-12,15H2,1-4H3. The molecule has 0 radical (unpaired) electrons. The highest BCUT2D eigenvalue weighted by atomic mass is 16.5. The van der Waals surface area contributed by atoms with Gasteiger partial charge in [-0.05, 0) is 25.3 Å². The predicted molar refractivity (Wildman–Crippen MR) is 79.4 cm³/mol. The summed E-state index contributed by atoms with van der Waals surface area (Å²) in [7, 11) is 2.07. The van der Waals surface area contributed by atoms with Crippen LogP contribution in [0.15, 0.2) is 12.4 Å². The number of nitrogens with zero attached hydrogens (tertiary/aromatic N) is 3. The van der Waals surface area contributed by atoms with Crippen molar-refractivity contribution in [2.24, 2.45) is 11.1 Å². The van der Waals surface area contributed by atoms with E-state index in [2.05, 4.69) is 35.3 Å². The topological polar surface area (TPSA) is 56.3 Å². The second kappa shape index (κ2) is 7.50. The van der Waals surface area contributed by atoms with Crippen LogP contribution in [-0.4, -0.2) is 42.9 Å². The number of aryl methyl sites for hydroxylation is 1. The molecule has 0 unspecified atom stereocenters. The van der Waals surface area contributed by atoms with Crippen molar-refractivity contribution in [3.05, 3.63) is 12.4 Å². The number of anilines is 1. The molecular weight excluding hydrogens is 240 g/mol. The Balaban J connectivity index is 2.56. The lowest BCUT2D eigenvalue weighted by atomic mass is 9.93. The largest absolute Gasteiger partial charge is 0.382 e. The normalized spacial score (nSPS) is 11.8. The van der Waals surface area contributed by atoms with Crippen molar-refractivity contribution in [3.63, 3.8) is 0 Å². The molecule has 0 amide bonds. The molecule has 1 aromatic heterocycles. The van der Waals surface area contributed by atoms with Gasteiger partial charge in [0.25, 0.3) is 0 Å². The molecule has 1 aromatic rings. The van der Waals surface area contributed by atoms with E-state index < -0.39 is 0 Å². The number of rotatable bonds is 9. The van der Waals surface area contributed by atoms with Crippen LogP contribution in [0.4, 0.5) is 5.95 Å². The lowest BCUT2D eigenvalue weighted by Gasteiger charge is -2.30. The summed E-state index contributed by atoms with van der Waals surface area (Å²) in [6, 6.07) is 0. The average Bonchev–Trinajstić information content (AvgIpc) is 2.82. The minimum absolute atomic E-state index is 0.0941. The van der Waals surface area contributed by atoms with Gasteiger partial charge in [-0.1, -0.05) is 13.8 Å². The van der Waals surface area contributed by atoms with Gasteiger partial charge in [-0.25, -0.2) is 4.98 Å². The first kappa shape index (κ1) is 16.0. The van der Waals surface area contributed by atoms with Crippen LogP contribution in [0.25, 0.3) is 0 Å². The van der Waals surface area contributed by atoms with Crippen molar-refractivity contribution in [3.8, 4) is 0 Å². The van der Waals surface area contributed by atoms with Gasteiger partial charge in [-0.2, -0.15) is 0 Å². The van der Waals surface area contributed by atoms with E-state index in [1.54, 1.807) is 0 Å². The third kappa shape index (κ3) is 5.20. The molecule has 0 atom stereocenters. The van der Waals surface area contributed by atoms with E-state index in [4.69, 9.17) is 10.5 Å². The Morgan fingerprint density at radius 1 is 1.47 bits per heavy atom. The van der Waals surface area contributed by atoms with E-state index >= 15 is 0 Å². The molecule has 0 spiro atoms. The smallest absolute Gasteiger partial charge is 0.205 e. The van der Waals surface area contributed by atoms with Gasteiger partial charge in [-0.15, -0.1) is 0 Å². The third-order valence-corrected chi connectivity index (χ3v) is 3.14. The summed E-state index contributed by atoms with van der Waals surface area (Å²) < 4.78 is 7.54. The van der Waals surface area contributed by atoms with Crippen molar-refractivity contribution in [2.75, 3.05) is 38.3 Å². The Kier molecular flexibility index (Phi) is 6.31. The molecule has 110 valence electrons. The summed E-state index contributed by atoms with van der Waals surface area (Å²) in [5.74, 6) is 0.998. The second-order valence-electron chi connectivity index (χ2n) is 5.70. The molecule has 0 aliphatic heterocycles. The monoisotopic (exact) mass is 268 g/mol. The molecule has 0 saturated heterocycles. The Bertz CT molecular complexity index is 362. The van der Waals surface area contributed by atoms with E-state index in [-0.39, 0.29) is 5.41 Å². The molecule has 0 aliphatic carbocycles. The molecule has 1 rings (SSSR count). The van der Waals surface area contributed by atoms with Crippen molar-refractivity contribution in [1.82, 2.24) is 9.55 Å². The average molecular weight is 268 g/mol. The number of nitrogens with two attached hydrogens (primary N) is 1. The highest BCUT2D eigenvalue weighted by Crippen LogP contribution is 2.18. The molecule has 2 N–H and O–H groups in total. The molecule has 0 bridgehead atoms. The van der Waals surface area contributed by atoms with E-state index in [1.807, 2.05) is 19.3 Å². The summed E-state index contributed by atoms with van der Waals surface area (Å²) in [5.41, 5.74) is 5.88. The van der Waals surface area contributed by atoms with Crippen molar-refractivity contribution in [1.29, 1.82) is 0 Å². The third-order valence-electron chi connectivity index (χ3n) is 3.14. The summed E-state index contributed by atoms with van der Waals surface area (Å²) in [5, 5.41) is 0. The first-order valence-electron chi connectivity index (χ1n) is 7.00. The minimum atomic E-state index is 0.0941. The summed E-state index contributed by atoms with van der Waals surface area (Å²) in [6.45, 7) is 10.4. The van der Waals surface area contributed by atoms with Crippen LogP contribution < -0.4 is 10.6 Å². The summed E-state index contributed by atoms with van der Waals surface area (Å²) in [6.07, 6.45) is 4.88. The van der Waals surface area contributed by atoms with Crippen LogP contribution in [0.5, 0.6) is 0 Å². The fraction of sp³-hybridized carbons (Fsp3) is 0.786. The molecule has 5 nitrogen and oxygen atoms in total. The zero-order chi connectivity index (χ0) is 14.3. The number of hydrogen-bond donors (Lipinski definition) is 1. The Labute approximate surface area is 116 Å². The summed E-state index contributed by atoms with van der Waals surface area (Å²) >= 11 is 0. The Hall–Kier alpha value is -1.07. The quantitative estimate of drug-likeness (QED) is 0.693. The van der Waals surface area contributed by atoms with Gasteiger partial charge in [-0.3, -0.25) is 0 Å². The van der Waals surface area contributed by atoms with E-state index in [0.29, 0.717) is 6.54 Å². The van der Waals surface area contributed by atoms with Gasteiger partial charge in [0.15, 0.2) is 0 Å². The van der Waals surface area contributed by atoms with E-state index in [9.17, 15) is 0 Å². The molecular formula is C14H28N4O. The number of imidazole rings is 1. The zero-order valence-corrected chi connectivity index (χ0v) is 12.7. The molecule has 0 saturated carbocycles. The maximum absolute atomic E-state index is 5.79. The van der Waals surface area contributed by atoms with Gasteiger partial charge in [0.2, 0.25) is 5.95 Å². The summed E-state index contributed by atoms with van der Waals surface area (Å²) in [4.78, 5) is 6.61. The lowest BCUT2D eigenvalue weighted by Crippen LogP contribution is -2.37. The van der Waals surface area contributed by atoms with E-state index in [1.165, 1.54) is 0 Å². The van der Waals surface area contributed by atoms with Crippen LogP contribution >= 0.6 is 0 Å². The number of ether oxygens (including phenoxy) is 1. The van der Waals surface area contributed by atoms with Gasteiger partial charge in [0.05, 0.1) is 0 Å². The van der Waals surface area contributed by atoms with Crippen LogP contribution in [0.3, 0.4) is 0 Å². The van der Waals surface area contributed by atoms with E-state index in [0.717, 1.165) is 38.7 Å². The molecule has 0 aliphatic rings. The van der Waals surface area contributed by atoms with Crippen LogP contribution in [0, 0.1) is 5.41 Å². The van der Waals surface area contributed by atoms with Crippen LogP contribution in [0.1, 0.15) is 27.2 Å². The van der Waals surface area contributed by atoms with Crippen molar-refractivity contribution in [2.45, 2.75) is 33.7 Å². The molecule has 0 fully saturated rings. The molecule has 19 heavy (non-hydrogen) atoms. The fourth-order valence-electron chi connectivity index (χ4n) is 2.07. The maximum Gasteiger partial charge on any atom is 0.205 e. The van der Waals surface area contributed by atoms with Crippen LogP contribution in [0.2, 0.25) is 0 Å². The number of hydrogen-bond acceptors (Lipinski definition) is 4. The molecule has 0 aromatic carbocycles. The lowest BCUT2D eigenvalue weighted by molar-refractivity contribution is 0.141. The maximum atomic E-state index is 5.79. The van der Waals surface area contributed by atoms with Gasteiger partial charge in [0, 0.05) is 45.7 Å². The molecule has 1 heterocycles. The van der Waals surface area contributed by atoms with Gasteiger partial charge in [0.1, 0.15) is 0 Å². The van der Waals surface area contributed by atoms with Crippen molar-refractivity contribution < 1.29 is 4.74 Å². The first-order valence-corrected chi connectivity index (χ1v) is 7.00. The number of aromatic nitrogens is 2. The Morgan fingerprint density at radius 3 is 2.84 bits per heavy atom. The minimum Gasteiger partial charge on any atom is -0.382 e. The zero-order valence-electron chi connectivity index (χ0n) is 12.7. The van der Waals surface area contributed by atoms with Gasteiger partial charge < -0.3 is 19.9 Å². The first-order chi connectivity index (χ1) is 9.00. The van der Waals surface area contributed by atoms with Crippen LogP contribution in [-0.2, 0) is 11.3 Å².